The van der Waals surface area contributed by atoms with E-state index >= 15 is 0 Å². The highest BCUT2D eigenvalue weighted by Crippen LogP contribution is 2.24. The molecule has 2 aromatic rings. The Bertz CT molecular complexity index is 568. The lowest BCUT2D eigenvalue weighted by Crippen LogP contribution is -2.26. The molecule has 1 aliphatic rings. The van der Waals surface area contributed by atoms with Crippen LogP contribution in [0.15, 0.2) is 48.7 Å². The van der Waals surface area contributed by atoms with Crippen LogP contribution in [0.1, 0.15) is 12.8 Å². The Morgan fingerprint density at radius 2 is 1.91 bits per heavy atom. The maximum atomic E-state index is 5.85. The Balaban J connectivity index is 0.00000176. The molecule has 2 heterocycles. The Kier molecular flexibility index (Phi) is 6.72. The standard InChI is InChI=1S/C16H17IN2O2.ClH/c17-19-11-3-4-13(19)12-20-14-6-8-15(9-7-14)21-16-5-1-2-10-18-16;/h1-2,5-10,13H,3-4,11-12H2;1H. The number of rotatable bonds is 5. The van der Waals surface area contributed by atoms with Crippen molar-refractivity contribution in [1.82, 2.24) is 8.10 Å². The summed E-state index contributed by atoms with van der Waals surface area (Å²) >= 11 is 2.38. The molecule has 1 aromatic heterocycles. The van der Waals surface area contributed by atoms with Gasteiger partial charge in [0.25, 0.3) is 0 Å². The maximum Gasteiger partial charge on any atom is 0.219 e. The molecule has 0 N–H and O–H groups in total. The number of hydrogen-bond acceptors (Lipinski definition) is 4. The van der Waals surface area contributed by atoms with Crippen LogP contribution in [0.3, 0.4) is 0 Å². The minimum Gasteiger partial charge on any atom is -0.492 e. The minimum atomic E-state index is 0. The van der Waals surface area contributed by atoms with Crippen molar-refractivity contribution in [3.8, 4) is 17.4 Å². The first-order valence-electron chi connectivity index (χ1n) is 7.05. The third kappa shape index (κ3) is 4.72. The third-order valence-corrected chi connectivity index (χ3v) is 4.70. The van der Waals surface area contributed by atoms with Gasteiger partial charge in [-0.2, -0.15) is 0 Å². The van der Waals surface area contributed by atoms with E-state index in [4.69, 9.17) is 9.47 Å². The lowest BCUT2D eigenvalue weighted by molar-refractivity contribution is 0.249. The number of pyridine rings is 1. The Hall–Kier alpha value is -1.05. The number of benzene rings is 1. The van der Waals surface area contributed by atoms with E-state index in [0.717, 1.165) is 24.7 Å². The van der Waals surface area contributed by atoms with Gasteiger partial charge < -0.3 is 9.47 Å². The smallest absolute Gasteiger partial charge is 0.219 e. The van der Waals surface area contributed by atoms with Gasteiger partial charge in [-0.05, 0) is 43.2 Å². The first kappa shape index (κ1) is 17.3. The van der Waals surface area contributed by atoms with E-state index < -0.39 is 0 Å². The van der Waals surface area contributed by atoms with Crippen molar-refractivity contribution in [2.24, 2.45) is 0 Å². The van der Waals surface area contributed by atoms with E-state index in [9.17, 15) is 0 Å². The second-order valence-electron chi connectivity index (χ2n) is 4.97. The summed E-state index contributed by atoms with van der Waals surface area (Å²) in [6, 6.07) is 13.8. The molecule has 118 valence electrons. The second kappa shape index (κ2) is 8.55. The topological polar surface area (TPSA) is 34.6 Å². The lowest BCUT2D eigenvalue weighted by atomic mass is 10.2. The van der Waals surface area contributed by atoms with Crippen molar-refractivity contribution in [2.45, 2.75) is 18.9 Å². The highest BCUT2D eigenvalue weighted by atomic mass is 127. The maximum absolute atomic E-state index is 5.85. The Morgan fingerprint density at radius 3 is 2.55 bits per heavy atom. The Labute approximate surface area is 150 Å². The highest BCUT2D eigenvalue weighted by molar-refractivity contribution is 14.1. The molecule has 1 aromatic carbocycles. The molecular weight excluding hydrogens is 415 g/mol. The highest BCUT2D eigenvalue weighted by Gasteiger charge is 2.22. The normalized spacial score (nSPS) is 17.8. The lowest BCUT2D eigenvalue weighted by Gasteiger charge is -2.17. The molecule has 22 heavy (non-hydrogen) atoms. The van der Waals surface area contributed by atoms with Gasteiger partial charge in [-0.25, -0.2) is 8.10 Å². The van der Waals surface area contributed by atoms with Crippen molar-refractivity contribution in [3.05, 3.63) is 48.7 Å². The first-order valence-corrected chi connectivity index (χ1v) is 8.02. The molecule has 1 fully saturated rings. The quantitative estimate of drug-likeness (QED) is 0.515. The van der Waals surface area contributed by atoms with Gasteiger partial charge in [0.1, 0.15) is 18.1 Å². The van der Waals surface area contributed by atoms with Crippen LogP contribution < -0.4 is 9.47 Å². The van der Waals surface area contributed by atoms with Gasteiger partial charge in [0.05, 0.1) is 6.04 Å². The first-order chi connectivity index (χ1) is 10.3. The predicted octanol–water partition coefficient (Wildman–Crippen LogP) is 4.49. The molecule has 1 aliphatic heterocycles. The SMILES string of the molecule is Cl.IN1CCCC1COc1ccc(Oc2ccccn2)cc1. The largest absolute Gasteiger partial charge is 0.492 e. The van der Waals surface area contributed by atoms with E-state index in [1.165, 1.54) is 12.8 Å². The fourth-order valence-corrected chi connectivity index (χ4v) is 3.07. The van der Waals surface area contributed by atoms with Crippen LogP contribution in [0, 0.1) is 0 Å². The van der Waals surface area contributed by atoms with Crippen LogP contribution in [-0.4, -0.2) is 27.3 Å². The fourth-order valence-electron chi connectivity index (χ4n) is 2.29. The molecule has 0 bridgehead atoms. The number of aromatic nitrogens is 1. The van der Waals surface area contributed by atoms with Crippen LogP contribution in [0.2, 0.25) is 0 Å². The molecular formula is C16H18ClIN2O2. The number of ether oxygens (including phenoxy) is 2. The fraction of sp³-hybridized carbons (Fsp3) is 0.312. The molecule has 1 saturated heterocycles. The molecule has 4 nitrogen and oxygen atoms in total. The van der Waals surface area contributed by atoms with E-state index in [0.29, 0.717) is 11.9 Å². The molecule has 0 radical (unpaired) electrons. The van der Waals surface area contributed by atoms with Crippen LogP contribution in [0.5, 0.6) is 17.4 Å². The molecule has 3 rings (SSSR count). The average molecular weight is 433 g/mol. The summed E-state index contributed by atoms with van der Waals surface area (Å²) < 4.78 is 13.8. The van der Waals surface area contributed by atoms with Gasteiger partial charge in [0.15, 0.2) is 0 Å². The van der Waals surface area contributed by atoms with Crippen molar-refractivity contribution in [2.75, 3.05) is 13.2 Å². The van der Waals surface area contributed by atoms with E-state index in [2.05, 4.69) is 31.0 Å². The summed E-state index contributed by atoms with van der Waals surface area (Å²) in [4.78, 5) is 4.13. The average Bonchev–Trinajstić information content (AvgIpc) is 2.93. The van der Waals surface area contributed by atoms with Crippen molar-refractivity contribution in [3.63, 3.8) is 0 Å². The second-order valence-corrected chi connectivity index (χ2v) is 6.21. The van der Waals surface area contributed by atoms with Crippen molar-refractivity contribution in [1.29, 1.82) is 0 Å². The number of halogens is 2. The van der Waals surface area contributed by atoms with Gasteiger partial charge in [-0.3, -0.25) is 0 Å². The van der Waals surface area contributed by atoms with E-state index in [1.54, 1.807) is 6.20 Å². The van der Waals surface area contributed by atoms with Crippen LogP contribution in [0.4, 0.5) is 0 Å². The van der Waals surface area contributed by atoms with E-state index in [-0.39, 0.29) is 12.4 Å². The van der Waals surface area contributed by atoms with Gasteiger partial charge in [0, 0.05) is 41.7 Å². The summed E-state index contributed by atoms with van der Waals surface area (Å²) in [6.45, 7) is 1.90. The van der Waals surface area contributed by atoms with Crippen LogP contribution in [0.25, 0.3) is 0 Å². The number of hydrogen-bond donors (Lipinski definition) is 0. The van der Waals surface area contributed by atoms with Crippen LogP contribution in [-0.2, 0) is 0 Å². The van der Waals surface area contributed by atoms with Crippen molar-refractivity contribution < 1.29 is 9.47 Å². The molecule has 1 unspecified atom stereocenters. The molecule has 0 amide bonds. The third-order valence-electron chi connectivity index (χ3n) is 3.43. The zero-order valence-corrected chi connectivity index (χ0v) is 15.0. The van der Waals surface area contributed by atoms with Gasteiger partial charge in [-0.1, -0.05) is 6.07 Å². The predicted molar refractivity (Wildman–Crippen MR) is 97.2 cm³/mol. The summed E-state index contributed by atoms with van der Waals surface area (Å²) in [5.74, 6) is 2.23. The number of nitrogens with zero attached hydrogens (tertiary/aromatic N) is 2. The van der Waals surface area contributed by atoms with Crippen molar-refractivity contribution >= 4 is 35.3 Å². The molecule has 6 heteroatoms. The zero-order chi connectivity index (χ0) is 14.5. The van der Waals surface area contributed by atoms with Gasteiger partial charge in [-0.15, -0.1) is 12.4 Å². The molecule has 0 aliphatic carbocycles. The monoisotopic (exact) mass is 432 g/mol. The Morgan fingerprint density at radius 1 is 1.14 bits per heavy atom. The zero-order valence-electron chi connectivity index (χ0n) is 12.0. The summed E-state index contributed by atoms with van der Waals surface area (Å²) in [5.41, 5.74) is 0. The summed E-state index contributed by atoms with van der Waals surface area (Å²) in [6.07, 6.45) is 4.18. The van der Waals surface area contributed by atoms with Gasteiger partial charge in [0.2, 0.25) is 5.88 Å². The van der Waals surface area contributed by atoms with Gasteiger partial charge >= 0.3 is 0 Å². The van der Waals surface area contributed by atoms with E-state index in [1.807, 2.05) is 42.5 Å². The molecule has 1 atom stereocenters. The minimum absolute atomic E-state index is 0. The van der Waals surface area contributed by atoms with Crippen LogP contribution >= 0.6 is 35.3 Å². The molecule has 0 spiro atoms. The summed E-state index contributed by atoms with van der Waals surface area (Å²) in [5, 5.41) is 0. The summed E-state index contributed by atoms with van der Waals surface area (Å²) in [7, 11) is 0. The molecule has 0 saturated carbocycles.